The molecule has 1 unspecified atom stereocenters. The van der Waals surface area contributed by atoms with E-state index in [0.29, 0.717) is 18.1 Å². The molecule has 1 aromatic heterocycles. The molecule has 1 spiro atoms. The van der Waals surface area contributed by atoms with E-state index in [-0.39, 0.29) is 36.6 Å². The Morgan fingerprint density at radius 1 is 1.31 bits per heavy atom. The van der Waals surface area contributed by atoms with E-state index in [1.807, 2.05) is 45.0 Å². The highest BCUT2D eigenvalue weighted by Crippen LogP contribution is 2.50. The maximum Gasteiger partial charge on any atom is 0.231 e. The van der Waals surface area contributed by atoms with Crippen LogP contribution in [0.1, 0.15) is 50.5 Å². The summed E-state index contributed by atoms with van der Waals surface area (Å²) in [6.07, 6.45) is 1.97. The molecule has 4 rings (SSSR count). The van der Waals surface area contributed by atoms with Crippen molar-refractivity contribution in [3.05, 3.63) is 35.7 Å². The molecule has 2 aliphatic rings. The molecular formula is C21H27N3O4S. The van der Waals surface area contributed by atoms with E-state index in [4.69, 9.17) is 4.52 Å². The standard InChI is InChI=1S/C21H27N3O4S/c1-4-15(5-2)20(25)24-12-21(13-24)17(9-10-29(21,26)27)19-22-18(23-28-19)16-8-6-7-14(3)11-16/h6-8,11,15,17H,4-5,9-10,12-13H2,1-3H3. The first-order valence-electron chi connectivity index (χ1n) is 10.2. The average molecular weight is 418 g/mol. The molecular weight excluding hydrogens is 390 g/mol. The normalized spacial score (nSPS) is 22.2. The van der Waals surface area contributed by atoms with Crippen molar-refractivity contribution in [1.82, 2.24) is 15.0 Å². The van der Waals surface area contributed by atoms with Crippen molar-refractivity contribution in [3.63, 3.8) is 0 Å². The van der Waals surface area contributed by atoms with E-state index < -0.39 is 14.6 Å². The number of hydrogen-bond donors (Lipinski definition) is 0. The largest absolute Gasteiger partial charge is 0.339 e. The van der Waals surface area contributed by atoms with Crippen LogP contribution in [0.3, 0.4) is 0 Å². The van der Waals surface area contributed by atoms with Gasteiger partial charge in [-0.05, 0) is 32.3 Å². The summed E-state index contributed by atoms with van der Waals surface area (Å²) in [6.45, 7) is 6.40. The molecule has 0 N–H and O–H groups in total. The number of hydrogen-bond acceptors (Lipinski definition) is 6. The number of benzene rings is 1. The lowest BCUT2D eigenvalue weighted by Gasteiger charge is -2.49. The Bertz CT molecular complexity index is 1020. The summed E-state index contributed by atoms with van der Waals surface area (Å²) in [5.74, 6) is 0.542. The van der Waals surface area contributed by atoms with Crippen LogP contribution in [-0.4, -0.2) is 53.0 Å². The van der Waals surface area contributed by atoms with Crippen molar-refractivity contribution >= 4 is 15.7 Å². The van der Waals surface area contributed by atoms with E-state index in [0.717, 1.165) is 24.0 Å². The lowest BCUT2D eigenvalue weighted by molar-refractivity contribution is -0.141. The fourth-order valence-electron chi connectivity index (χ4n) is 4.65. The highest BCUT2D eigenvalue weighted by atomic mass is 32.2. The van der Waals surface area contributed by atoms with Crippen molar-refractivity contribution < 1.29 is 17.7 Å². The Kier molecular flexibility index (Phi) is 5.01. The molecule has 2 saturated heterocycles. The van der Waals surface area contributed by atoms with Gasteiger partial charge in [0, 0.05) is 24.6 Å². The van der Waals surface area contributed by atoms with E-state index in [1.54, 1.807) is 4.90 Å². The first-order valence-corrected chi connectivity index (χ1v) is 11.9. The van der Waals surface area contributed by atoms with Gasteiger partial charge in [-0.25, -0.2) is 8.42 Å². The van der Waals surface area contributed by atoms with Crippen LogP contribution in [0.2, 0.25) is 0 Å². The van der Waals surface area contributed by atoms with Crippen molar-refractivity contribution in [1.29, 1.82) is 0 Å². The van der Waals surface area contributed by atoms with Crippen LogP contribution in [0.5, 0.6) is 0 Å². The Hall–Kier alpha value is -2.22. The van der Waals surface area contributed by atoms with Gasteiger partial charge in [-0.2, -0.15) is 4.98 Å². The second kappa shape index (κ2) is 7.23. The average Bonchev–Trinajstić information content (AvgIpc) is 3.23. The van der Waals surface area contributed by atoms with Crippen LogP contribution in [-0.2, 0) is 14.6 Å². The monoisotopic (exact) mass is 417 g/mol. The van der Waals surface area contributed by atoms with Gasteiger partial charge in [0.05, 0.1) is 11.7 Å². The van der Waals surface area contributed by atoms with Gasteiger partial charge >= 0.3 is 0 Å². The maximum atomic E-state index is 12.9. The summed E-state index contributed by atoms with van der Waals surface area (Å²) in [5.41, 5.74) is 1.93. The quantitative estimate of drug-likeness (QED) is 0.742. The van der Waals surface area contributed by atoms with Gasteiger partial charge in [0.15, 0.2) is 9.84 Å². The van der Waals surface area contributed by atoms with Crippen LogP contribution in [0.15, 0.2) is 28.8 Å². The van der Waals surface area contributed by atoms with Gasteiger partial charge in [0.1, 0.15) is 4.75 Å². The minimum Gasteiger partial charge on any atom is -0.339 e. The predicted molar refractivity (Wildman–Crippen MR) is 109 cm³/mol. The van der Waals surface area contributed by atoms with Crippen molar-refractivity contribution in [2.75, 3.05) is 18.8 Å². The summed E-state index contributed by atoms with van der Waals surface area (Å²) in [4.78, 5) is 18.9. The molecule has 1 aromatic carbocycles. The third-order valence-electron chi connectivity index (χ3n) is 6.51. The molecule has 29 heavy (non-hydrogen) atoms. The molecule has 0 aliphatic carbocycles. The second-order valence-corrected chi connectivity index (χ2v) is 10.7. The number of nitrogens with zero attached hydrogens (tertiary/aromatic N) is 3. The maximum absolute atomic E-state index is 12.9. The second-order valence-electron chi connectivity index (χ2n) is 8.26. The molecule has 156 valence electrons. The topological polar surface area (TPSA) is 93.4 Å². The molecule has 0 saturated carbocycles. The highest BCUT2D eigenvalue weighted by Gasteiger charge is 2.64. The van der Waals surface area contributed by atoms with Crippen molar-refractivity contribution in [3.8, 4) is 11.4 Å². The van der Waals surface area contributed by atoms with Crippen LogP contribution in [0, 0.1) is 12.8 Å². The fraction of sp³-hybridized carbons (Fsp3) is 0.571. The zero-order valence-electron chi connectivity index (χ0n) is 17.1. The van der Waals surface area contributed by atoms with Gasteiger partial charge < -0.3 is 9.42 Å². The van der Waals surface area contributed by atoms with Gasteiger partial charge in [0.2, 0.25) is 17.6 Å². The number of aromatic nitrogens is 2. The van der Waals surface area contributed by atoms with Gasteiger partial charge in [-0.1, -0.05) is 42.8 Å². The zero-order valence-corrected chi connectivity index (χ0v) is 17.9. The number of carbonyl (C=O) groups is 1. The van der Waals surface area contributed by atoms with Gasteiger partial charge in [-0.3, -0.25) is 4.79 Å². The third-order valence-corrected chi connectivity index (χ3v) is 9.06. The number of sulfone groups is 1. The van der Waals surface area contributed by atoms with Crippen molar-refractivity contribution in [2.45, 2.75) is 50.7 Å². The summed E-state index contributed by atoms with van der Waals surface area (Å²) < 4.78 is 30.4. The Morgan fingerprint density at radius 3 is 2.69 bits per heavy atom. The Labute approximate surface area is 171 Å². The molecule has 1 amide bonds. The van der Waals surface area contributed by atoms with Gasteiger partial charge in [0.25, 0.3) is 0 Å². The summed E-state index contributed by atoms with van der Waals surface area (Å²) in [6, 6.07) is 7.79. The molecule has 2 aromatic rings. The summed E-state index contributed by atoms with van der Waals surface area (Å²) in [7, 11) is -3.34. The van der Waals surface area contributed by atoms with Crippen LogP contribution < -0.4 is 0 Å². The van der Waals surface area contributed by atoms with Crippen molar-refractivity contribution in [2.24, 2.45) is 5.92 Å². The van der Waals surface area contributed by atoms with Crippen LogP contribution in [0.4, 0.5) is 0 Å². The van der Waals surface area contributed by atoms with Crippen LogP contribution in [0.25, 0.3) is 11.4 Å². The molecule has 1 atom stereocenters. The lowest BCUT2D eigenvalue weighted by atomic mass is 9.82. The lowest BCUT2D eigenvalue weighted by Crippen LogP contribution is -2.68. The number of carbonyl (C=O) groups excluding carboxylic acids is 1. The first kappa shape index (κ1) is 20.1. The van der Waals surface area contributed by atoms with E-state index >= 15 is 0 Å². The molecule has 2 aliphatic heterocycles. The fourth-order valence-corrected chi connectivity index (χ4v) is 6.96. The van der Waals surface area contributed by atoms with E-state index in [2.05, 4.69) is 10.1 Å². The molecule has 7 nitrogen and oxygen atoms in total. The van der Waals surface area contributed by atoms with E-state index in [1.165, 1.54) is 0 Å². The number of likely N-dealkylation sites (tertiary alicyclic amines) is 1. The zero-order chi connectivity index (χ0) is 20.8. The minimum absolute atomic E-state index is 0.0486. The molecule has 8 heteroatoms. The predicted octanol–water partition coefficient (Wildman–Crippen LogP) is 2.96. The molecule has 2 fully saturated rings. The third kappa shape index (κ3) is 3.17. The Morgan fingerprint density at radius 2 is 2.03 bits per heavy atom. The Balaban J connectivity index is 1.60. The first-order chi connectivity index (χ1) is 13.8. The minimum atomic E-state index is -3.34. The summed E-state index contributed by atoms with van der Waals surface area (Å²) in [5, 5.41) is 4.09. The highest BCUT2D eigenvalue weighted by molar-refractivity contribution is 7.93. The molecule has 0 radical (unpaired) electrons. The number of amides is 1. The molecule has 3 heterocycles. The number of rotatable bonds is 5. The van der Waals surface area contributed by atoms with Gasteiger partial charge in [-0.15, -0.1) is 0 Å². The smallest absolute Gasteiger partial charge is 0.231 e. The number of aryl methyl sites for hydroxylation is 1. The molecule has 0 bridgehead atoms. The van der Waals surface area contributed by atoms with Crippen LogP contribution >= 0.6 is 0 Å². The SMILES string of the molecule is CCC(CC)C(=O)N1CC2(C1)C(c1nc(-c3cccc(C)c3)no1)CCS2(=O)=O. The summed E-state index contributed by atoms with van der Waals surface area (Å²) >= 11 is 0. The van der Waals surface area contributed by atoms with E-state index in [9.17, 15) is 13.2 Å².